The van der Waals surface area contributed by atoms with Crippen molar-refractivity contribution in [1.29, 1.82) is 0 Å². The zero-order valence-corrected chi connectivity index (χ0v) is 15.1. The third-order valence-corrected chi connectivity index (χ3v) is 6.25. The van der Waals surface area contributed by atoms with Crippen molar-refractivity contribution < 1.29 is 19.5 Å². The van der Waals surface area contributed by atoms with E-state index in [4.69, 9.17) is 5.11 Å². The molecule has 0 radical (unpaired) electrons. The topological polar surface area (TPSA) is 77.9 Å². The van der Waals surface area contributed by atoms with Crippen molar-refractivity contribution in [3.05, 3.63) is 21.9 Å². The van der Waals surface area contributed by atoms with Gasteiger partial charge < -0.3 is 14.9 Å². The lowest BCUT2D eigenvalue weighted by atomic mass is 10.0. The van der Waals surface area contributed by atoms with Crippen LogP contribution >= 0.6 is 11.3 Å². The highest BCUT2D eigenvalue weighted by Gasteiger charge is 2.26. The van der Waals surface area contributed by atoms with Gasteiger partial charge in [0.1, 0.15) is 4.88 Å². The molecule has 0 spiro atoms. The zero-order valence-electron chi connectivity index (χ0n) is 14.3. The summed E-state index contributed by atoms with van der Waals surface area (Å²) >= 11 is 1.00. The van der Waals surface area contributed by atoms with Gasteiger partial charge in [0, 0.05) is 32.6 Å². The van der Waals surface area contributed by atoms with Crippen molar-refractivity contribution >= 4 is 29.1 Å². The third-order valence-electron chi connectivity index (χ3n) is 5.19. The monoisotopic (exact) mass is 364 g/mol. The molecule has 0 aromatic carbocycles. The molecular formula is C18H24N2O4S. The Labute approximate surface area is 151 Å². The summed E-state index contributed by atoms with van der Waals surface area (Å²) < 4.78 is 0. The Morgan fingerprint density at radius 1 is 1.00 bits per heavy atom. The largest absolute Gasteiger partial charge is 0.477 e. The summed E-state index contributed by atoms with van der Waals surface area (Å²) in [6.07, 6.45) is 6.72. The maximum atomic E-state index is 12.5. The highest BCUT2D eigenvalue weighted by atomic mass is 32.1. The summed E-state index contributed by atoms with van der Waals surface area (Å²) in [6, 6.07) is 3.03. The van der Waals surface area contributed by atoms with Crippen molar-refractivity contribution in [2.24, 2.45) is 5.92 Å². The van der Waals surface area contributed by atoms with E-state index in [0.717, 1.165) is 17.8 Å². The average Bonchev–Trinajstić information content (AvgIpc) is 3.30. The minimum absolute atomic E-state index is 0.143. The number of hydrogen-bond donors (Lipinski definition) is 1. The first-order chi connectivity index (χ1) is 12.0. The smallest absolute Gasteiger partial charge is 0.345 e. The predicted molar refractivity (Wildman–Crippen MR) is 95.0 cm³/mol. The van der Waals surface area contributed by atoms with Crippen molar-refractivity contribution in [3.8, 4) is 0 Å². The molecular weight excluding hydrogens is 340 g/mol. The van der Waals surface area contributed by atoms with Crippen molar-refractivity contribution in [2.45, 2.75) is 38.5 Å². The molecule has 1 aliphatic carbocycles. The quantitative estimate of drug-likeness (QED) is 0.871. The van der Waals surface area contributed by atoms with E-state index >= 15 is 0 Å². The highest BCUT2D eigenvalue weighted by molar-refractivity contribution is 7.15. The molecule has 0 bridgehead atoms. The van der Waals surface area contributed by atoms with Gasteiger partial charge in [0.25, 0.3) is 5.91 Å². The van der Waals surface area contributed by atoms with Gasteiger partial charge in [0.15, 0.2) is 0 Å². The van der Waals surface area contributed by atoms with E-state index in [1.807, 2.05) is 4.90 Å². The number of hydrogen-bond acceptors (Lipinski definition) is 4. The lowest BCUT2D eigenvalue weighted by Crippen LogP contribution is -2.50. The van der Waals surface area contributed by atoms with Crippen LogP contribution in [0.3, 0.4) is 0 Å². The number of rotatable bonds is 5. The number of thiophene rings is 1. The summed E-state index contributed by atoms with van der Waals surface area (Å²) in [4.78, 5) is 39.9. The summed E-state index contributed by atoms with van der Waals surface area (Å²) in [5.41, 5.74) is 0. The van der Waals surface area contributed by atoms with Gasteiger partial charge in [-0.15, -0.1) is 11.3 Å². The van der Waals surface area contributed by atoms with E-state index in [1.54, 1.807) is 11.0 Å². The molecule has 1 aromatic rings. The lowest BCUT2D eigenvalue weighted by Gasteiger charge is -2.34. The summed E-state index contributed by atoms with van der Waals surface area (Å²) in [6.45, 7) is 2.14. The molecule has 2 heterocycles. The van der Waals surface area contributed by atoms with Crippen LogP contribution in [0.2, 0.25) is 0 Å². The number of aromatic carboxylic acids is 1. The number of carboxylic acids is 1. The van der Waals surface area contributed by atoms with E-state index < -0.39 is 5.97 Å². The molecule has 1 saturated carbocycles. The van der Waals surface area contributed by atoms with Gasteiger partial charge in [-0.25, -0.2) is 4.79 Å². The molecule has 2 fully saturated rings. The van der Waals surface area contributed by atoms with Gasteiger partial charge in [-0.2, -0.15) is 0 Å². The number of carboxylic acid groups (broad SMARTS) is 1. The Morgan fingerprint density at radius 2 is 1.60 bits per heavy atom. The third kappa shape index (κ3) is 4.39. The van der Waals surface area contributed by atoms with Gasteiger partial charge in [0.2, 0.25) is 5.91 Å². The summed E-state index contributed by atoms with van der Waals surface area (Å²) in [7, 11) is 0. The van der Waals surface area contributed by atoms with Gasteiger partial charge in [-0.05, 0) is 24.5 Å². The Hall–Kier alpha value is -1.89. The van der Waals surface area contributed by atoms with Gasteiger partial charge in [0.05, 0.1) is 4.88 Å². The SMILES string of the molecule is O=C(O)c1ccc(C(=O)N2CCN(C(=O)CCC3CCCC3)CC2)s1. The first-order valence-corrected chi connectivity index (χ1v) is 9.76. The van der Waals surface area contributed by atoms with Crippen LogP contribution in [0.15, 0.2) is 12.1 Å². The van der Waals surface area contributed by atoms with Crippen LogP contribution in [0.1, 0.15) is 57.9 Å². The van der Waals surface area contributed by atoms with Crippen LogP contribution in [0.25, 0.3) is 0 Å². The molecule has 25 heavy (non-hydrogen) atoms. The molecule has 1 aliphatic heterocycles. The summed E-state index contributed by atoms with van der Waals surface area (Å²) in [5, 5.41) is 8.96. The number of nitrogens with zero attached hydrogens (tertiary/aromatic N) is 2. The number of carbonyl (C=O) groups excluding carboxylic acids is 2. The van der Waals surface area contributed by atoms with Crippen LogP contribution in [0.5, 0.6) is 0 Å². The fourth-order valence-electron chi connectivity index (χ4n) is 3.67. The first-order valence-electron chi connectivity index (χ1n) is 8.95. The Bertz CT molecular complexity index is 643. The second kappa shape index (κ2) is 7.99. The van der Waals surface area contributed by atoms with Crippen LogP contribution < -0.4 is 0 Å². The Morgan fingerprint density at radius 3 is 2.20 bits per heavy atom. The standard InChI is InChI=1S/C18H24N2O4S/c21-16(8-5-13-3-1-2-4-13)19-9-11-20(12-10-19)17(22)14-6-7-15(25-14)18(23)24/h6-7,13H,1-5,8-12H2,(H,23,24). The maximum Gasteiger partial charge on any atom is 0.345 e. The fraction of sp³-hybridized carbons (Fsp3) is 0.611. The molecule has 7 heteroatoms. The molecule has 1 N–H and O–H groups in total. The summed E-state index contributed by atoms with van der Waals surface area (Å²) in [5.74, 6) is -0.241. The Balaban J connectivity index is 1.46. The van der Waals surface area contributed by atoms with Gasteiger partial charge in [-0.1, -0.05) is 25.7 Å². The molecule has 2 amide bonds. The van der Waals surface area contributed by atoms with Crippen LogP contribution in [-0.4, -0.2) is 58.9 Å². The average molecular weight is 364 g/mol. The maximum absolute atomic E-state index is 12.5. The number of amides is 2. The van der Waals surface area contributed by atoms with Crippen LogP contribution in [0.4, 0.5) is 0 Å². The van der Waals surface area contributed by atoms with E-state index in [1.165, 1.54) is 31.7 Å². The normalized spacial score (nSPS) is 18.6. The molecule has 6 nitrogen and oxygen atoms in total. The molecule has 0 atom stereocenters. The van der Waals surface area contributed by atoms with E-state index in [9.17, 15) is 14.4 Å². The minimum Gasteiger partial charge on any atom is -0.477 e. The second-order valence-electron chi connectivity index (χ2n) is 6.83. The number of piperazine rings is 1. The highest BCUT2D eigenvalue weighted by Crippen LogP contribution is 2.28. The minimum atomic E-state index is -1.01. The number of carbonyl (C=O) groups is 3. The molecule has 1 saturated heterocycles. The van der Waals surface area contributed by atoms with Gasteiger partial charge >= 0.3 is 5.97 Å². The van der Waals surface area contributed by atoms with E-state index in [2.05, 4.69) is 0 Å². The van der Waals surface area contributed by atoms with Gasteiger partial charge in [-0.3, -0.25) is 9.59 Å². The van der Waals surface area contributed by atoms with Crippen molar-refractivity contribution in [2.75, 3.05) is 26.2 Å². The van der Waals surface area contributed by atoms with Crippen molar-refractivity contribution in [1.82, 2.24) is 9.80 Å². The van der Waals surface area contributed by atoms with Crippen LogP contribution in [-0.2, 0) is 4.79 Å². The molecule has 1 aromatic heterocycles. The Kier molecular flexibility index (Phi) is 5.73. The van der Waals surface area contributed by atoms with Crippen LogP contribution in [0, 0.1) is 5.92 Å². The second-order valence-corrected chi connectivity index (χ2v) is 7.91. The molecule has 0 unspecified atom stereocenters. The van der Waals surface area contributed by atoms with E-state index in [0.29, 0.717) is 43.4 Å². The molecule has 3 rings (SSSR count). The molecule has 136 valence electrons. The lowest BCUT2D eigenvalue weighted by molar-refractivity contribution is -0.133. The first kappa shape index (κ1) is 17.9. The predicted octanol–water partition coefficient (Wildman–Crippen LogP) is 2.70. The van der Waals surface area contributed by atoms with E-state index in [-0.39, 0.29) is 16.7 Å². The molecule has 2 aliphatic rings. The van der Waals surface area contributed by atoms with Crippen molar-refractivity contribution in [3.63, 3.8) is 0 Å². The zero-order chi connectivity index (χ0) is 17.8. The fourth-order valence-corrected chi connectivity index (χ4v) is 4.48.